The lowest BCUT2D eigenvalue weighted by Gasteiger charge is -2.39. The van der Waals surface area contributed by atoms with E-state index in [2.05, 4.69) is 16.8 Å². The minimum absolute atomic E-state index is 0.0418. The topological polar surface area (TPSA) is 45.6 Å². The molecular formula is C13H20N2O2. The van der Waals surface area contributed by atoms with Gasteiger partial charge in [0.25, 0.3) is 0 Å². The number of aliphatic hydroxyl groups excluding tert-OH is 1. The number of aromatic nitrogens is 1. The van der Waals surface area contributed by atoms with E-state index in [1.165, 1.54) is 0 Å². The lowest BCUT2D eigenvalue weighted by atomic mass is 9.99. The molecule has 4 nitrogen and oxygen atoms in total. The molecule has 0 saturated carbocycles. The zero-order chi connectivity index (χ0) is 12.3. The zero-order valence-corrected chi connectivity index (χ0v) is 10.5. The first-order valence-electron chi connectivity index (χ1n) is 6.09. The fourth-order valence-electron chi connectivity index (χ4n) is 2.52. The van der Waals surface area contributed by atoms with Crippen LogP contribution in [0.3, 0.4) is 0 Å². The highest BCUT2D eigenvalue weighted by Crippen LogP contribution is 2.28. The molecule has 1 aromatic rings. The number of methoxy groups -OCH3 is 1. The number of nitrogens with zero attached hydrogens (tertiary/aromatic N) is 2. The average molecular weight is 236 g/mol. The molecule has 17 heavy (non-hydrogen) atoms. The number of aliphatic hydroxyl groups is 1. The Morgan fingerprint density at radius 2 is 2.41 bits per heavy atom. The Morgan fingerprint density at radius 1 is 1.59 bits per heavy atom. The summed E-state index contributed by atoms with van der Waals surface area (Å²) in [5.74, 6) is 0. The molecule has 2 rings (SSSR count). The summed E-state index contributed by atoms with van der Waals surface area (Å²) in [6, 6.07) is 2.41. The van der Waals surface area contributed by atoms with Crippen LogP contribution in [0.2, 0.25) is 0 Å². The van der Waals surface area contributed by atoms with Gasteiger partial charge in [0.1, 0.15) is 0 Å². The van der Waals surface area contributed by atoms with E-state index in [4.69, 9.17) is 4.74 Å². The van der Waals surface area contributed by atoms with Gasteiger partial charge in [-0.25, -0.2) is 0 Å². The van der Waals surface area contributed by atoms with Crippen LogP contribution in [-0.4, -0.2) is 35.9 Å². The maximum Gasteiger partial charge on any atom is 0.0717 e. The van der Waals surface area contributed by atoms with Crippen LogP contribution in [0.15, 0.2) is 18.5 Å². The van der Waals surface area contributed by atoms with E-state index >= 15 is 0 Å². The lowest BCUT2D eigenvalue weighted by Crippen LogP contribution is -2.43. The quantitative estimate of drug-likeness (QED) is 0.865. The third kappa shape index (κ3) is 2.58. The van der Waals surface area contributed by atoms with Crippen molar-refractivity contribution in [3.05, 3.63) is 24.0 Å². The van der Waals surface area contributed by atoms with E-state index in [0.29, 0.717) is 12.1 Å². The van der Waals surface area contributed by atoms with Gasteiger partial charge in [0, 0.05) is 43.3 Å². The Hall–Kier alpha value is -1.13. The number of piperidine rings is 1. The third-order valence-electron chi connectivity index (χ3n) is 3.52. The summed E-state index contributed by atoms with van der Waals surface area (Å²) in [7, 11) is 1.78. The van der Waals surface area contributed by atoms with Gasteiger partial charge in [0.2, 0.25) is 0 Å². The van der Waals surface area contributed by atoms with Crippen LogP contribution >= 0.6 is 0 Å². The van der Waals surface area contributed by atoms with Gasteiger partial charge in [-0.2, -0.15) is 0 Å². The molecule has 94 valence electrons. The molecule has 0 aliphatic carbocycles. The van der Waals surface area contributed by atoms with Crippen LogP contribution in [-0.2, 0) is 11.3 Å². The van der Waals surface area contributed by atoms with Crippen molar-refractivity contribution < 1.29 is 9.84 Å². The van der Waals surface area contributed by atoms with E-state index < -0.39 is 0 Å². The van der Waals surface area contributed by atoms with Crippen molar-refractivity contribution in [1.82, 2.24) is 4.98 Å². The molecule has 2 unspecified atom stereocenters. The zero-order valence-electron chi connectivity index (χ0n) is 10.5. The second-order valence-corrected chi connectivity index (χ2v) is 4.59. The molecule has 1 aromatic heterocycles. The van der Waals surface area contributed by atoms with Crippen molar-refractivity contribution in [2.24, 2.45) is 0 Å². The molecule has 4 heteroatoms. The van der Waals surface area contributed by atoms with Crippen molar-refractivity contribution in [3.8, 4) is 0 Å². The Bertz CT molecular complexity index is 370. The van der Waals surface area contributed by atoms with Crippen LogP contribution in [0, 0.1) is 0 Å². The molecule has 0 spiro atoms. The van der Waals surface area contributed by atoms with E-state index in [-0.39, 0.29) is 6.61 Å². The summed E-state index contributed by atoms with van der Waals surface area (Å²) in [6.45, 7) is 3.21. The first-order chi connectivity index (χ1) is 8.26. The van der Waals surface area contributed by atoms with Gasteiger partial charge in [-0.3, -0.25) is 4.98 Å². The lowest BCUT2D eigenvalue weighted by molar-refractivity contribution is 0.0720. The van der Waals surface area contributed by atoms with Crippen LogP contribution < -0.4 is 4.90 Å². The average Bonchev–Trinajstić information content (AvgIpc) is 2.38. The van der Waals surface area contributed by atoms with Crippen LogP contribution in [0.4, 0.5) is 5.69 Å². The highest BCUT2D eigenvalue weighted by Gasteiger charge is 2.26. The standard InChI is InChI=1S/C13H20N2O2/c1-10-7-12(17-2)4-6-15(10)13-3-5-14-8-11(13)9-16/h3,5,8,10,12,16H,4,6-7,9H2,1-2H3. The van der Waals surface area contributed by atoms with Gasteiger partial charge < -0.3 is 14.7 Å². The molecule has 1 N–H and O–H groups in total. The maximum absolute atomic E-state index is 9.34. The van der Waals surface area contributed by atoms with E-state index in [0.717, 1.165) is 30.6 Å². The molecule has 0 amide bonds. The van der Waals surface area contributed by atoms with Crippen molar-refractivity contribution in [2.45, 2.75) is 38.5 Å². The normalized spacial score (nSPS) is 25.0. The van der Waals surface area contributed by atoms with Gasteiger partial charge in [-0.05, 0) is 25.8 Å². The summed E-state index contributed by atoms with van der Waals surface area (Å²) in [5, 5.41) is 9.34. The fourth-order valence-corrected chi connectivity index (χ4v) is 2.52. The summed E-state index contributed by atoms with van der Waals surface area (Å²) in [5.41, 5.74) is 2.00. The fraction of sp³-hybridized carbons (Fsp3) is 0.615. The monoisotopic (exact) mass is 236 g/mol. The van der Waals surface area contributed by atoms with Crippen molar-refractivity contribution >= 4 is 5.69 Å². The predicted octanol–water partition coefficient (Wildman–Crippen LogP) is 1.58. The Morgan fingerprint density at radius 3 is 3.06 bits per heavy atom. The molecule has 2 heterocycles. The number of rotatable bonds is 3. The van der Waals surface area contributed by atoms with Gasteiger partial charge >= 0.3 is 0 Å². The summed E-state index contributed by atoms with van der Waals surface area (Å²) >= 11 is 0. The number of ether oxygens (including phenoxy) is 1. The SMILES string of the molecule is COC1CCN(c2ccncc2CO)C(C)C1. The Kier molecular flexibility index (Phi) is 3.97. The summed E-state index contributed by atoms with van der Waals surface area (Å²) in [4.78, 5) is 6.39. The molecule has 0 aromatic carbocycles. The predicted molar refractivity (Wildman–Crippen MR) is 67.0 cm³/mol. The second-order valence-electron chi connectivity index (χ2n) is 4.59. The van der Waals surface area contributed by atoms with Crippen molar-refractivity contribution in [2.75, 3.05) is 18.6 Å². The Labute approximate surface area is 102 Å². The van der Waals surface area contributed by atoms with Gasteiger partial charge in [0.15, 0.2) is 0 Å². The van der Waals surface area contributed by atoms with Crippen LogP contribution in [0.25, 0.3) is 0 Å². The van der Waals surface area contributed by atoms with Gasteiger partial charge in [-0.15, -0.1) is 0 Å². The van der Waals surface area contributed by atoms with E-state index in [1.54, 1.807) is 19.5 Å². The minimum Gasteiger partial charge on any atom is -0.392 e. The molecule has 0 radical (unpaired) electrons. The summed E-state index contributed by atoms with van der Waals surface area (Å²) < 4.78 is 5.41. The largest absolute Gasteiger partial charge is 0.392 e. The Balaban J connectivity index is 2.17. The first-order valence-corrected chi connectivity index (χ1v) is 6.09. The van der Waals surface area contributed by atoms with Crippen LogP contribution in [0.5, 0.6) is 0 Å². The number of pyridine rings is 1. The number of hydrogen-bond donors (Lipinski definition) is 1. The molecular weight excluding hydrogens is 216 g/mol. The van der Waals surface area contributed by atoms with Gasteiger partial charge in [0.05, 0.1) is 12.7 Å². The minimum atomic E-state index is 0.0418. The van der Waals surface area contributed by atoms with Crippen LogP contribution in [0.1, 0.15) is 25.3 Å². The highest BCUT2D eigenvalue weighted by atomic mass is 16.5. The number of hydrogen-bond acceptors (Lipinski definition) is 4. The van der Waals surface area contributed by atoms with Gasteiger partial charge in [-0.1, -0.05) is 0 Å². The molecule has 0 bridgehead atoms. The highest BCUT2D eigenvalue weighted by molar-refractivity contribution is 5.53. The molecule has 1 aliphatic rings. The molecule has 1 saturated heterocycles. The molecule has 1 fully saturated rings. The number of anilines is 1. The third-order valence-corrected chi connectivity index (χ3v) is 3.52. The van der Waals surface area contributed by atoms with Crippen molar-refractivity contribution in [3.63, 3.8) is 0 Å². The van der Waals surface area contributed by atoms with E-state index in [9.17, 15) is 5.11 Å². The summed E-state index contributed by atoms with van der Waals surface area (Å²) in [6.07, 6.45) is 5.95. The second kappa shape index (κ2) is 5.47. The molecule has 1 aliphatic heterocycles. The van der Waals surface area contributed by atoms with E-state index in [1.807, 2.05) is 6.07 Å². The molecule has 2 atom stereocenters. The van der Waals surface area contributed by atoms with Crippen molar-refractivity contribution in [1.29, 1.82) is 0 Å². The smallest absolute Gasteiger partial charge is 0.0717 e. The maximum atomic E-state index is 9.34. The first kappa shape index (κ1) is 12.3.